The van der Waals surface area contributed by atoms with Crippen molar-refractivity contribution in [1.29, 1.82) is 0 Å². The Labute approximate surface area is 227 Å². The molecule has 0 saturated heterocycles. The van der Waals surface area contributed by atoms with Crippen molar-refractivity contribution in [2.75, 3.05) is 11.4 Å². The molecular formula is C29H43BN4O4. The largest absolute Gasteiger partial charge is 0.444 e. The molecule has 0 unspecified atom stereocenters. The fourth-order valence-electron chi connectivity index (χ4n) is 5.37. The van der Waals surface area contributed by atoms with Gasteiger partial charge in [0, 0.05) is 47.7 Å². The van der Waals surface area contributed by atoms with Gasteiger partial charge in [-0.3, -0.25) is 9.59 Å². The first-order chi connectivity index (χ1) is 17.8. The summed E-state index contributed by atoms with van der Waals surface area (Å²) in [4.78, 5) is 43.1. The first-order valence-corrected chi connectivity index (χ1v) is 13.6. The molecule has 1 aliphatic carbocycles. The van der Waals surface area contributed by atoms with Gasteiger partial charge in [-0.2, -0.15) is 0 Å². The van der Waals surface area contributed by atoms with Gasteiger partial charge in [-0.15, -0.1) is 0 Å². The molecule has 1 saturated carbocycles. The van der Waals surface area contributed by atoms with E-state index in [1.54, 1.807) is 0 Å². The van der Waals surface area contributed by atoms with Crippen molar-refractivity contribution in [3.05, 3.63) is 56.5 Å². The number of amides is 2. The fraction of sp³-hybridized carbons (Fsp3) is 0.552. The number of alkyl carbamates (subject to hydrolysis) is 1. The Hall–Kier alpha value is -3.23. The van der Waals surface area contributed by atoms with Crippen LogP contribution in [0.3, 0.4) is 0 Å². The molecule has 1 aromatic heterocycles. The Kier molecular flexibility index (Phi) is 9.33. The number of aromatic nitrogens is 1. The number of benzene rings is 1. The van der Waals surface area contributed by atoms with Crippen LogP contribution in [0.2, 0.25) is 0 Å². The van der Waals surface area contributed by atoms with Gasteiger partial charge in [-0.05, 0) is 97.4 Å². The Morgan fingerprint density at radius 2 is 1.76 bits per heavy atom. The minimum Gasteiger partial charge on any atom is -0.444 e. The van der Waals surface area contributed by atoms with Crippen molar-refractivity contribution < 1.29 is 14.3 Å². The number of hydrogen-bond donors (Lipinski definition) is 3. The Balaban J connectivity index is 1.71. The number of carbonyl (C=O) groups is 2. The lowest BCUT2D eigenvalue weighted by Crippen LogP contribution is -2.45. The molecule has 0 aliphatic heterocycles. The summed E-state index contributed by atoms with van der Waals surface area (Å²) in [5, 5.41) is 5.98. The number of anilines is 1. The molecule has 3 N–H and O–H groups in total. The van der Waals surface area contributed by atoms with Crippen LogP contribution in [0.1, 0.15) is 86.1 Å². The summed E-state index contributed by atoms with van der Waals surface area (Å²) in [6.07, 6.45) is 3.28. The van der Waals surface area contributed by atoms with Gasteiger partial charge in [-0.25, -0.2) is 4.79 Å². The number of carbonyl (C=O) groups excluding carboxylic acids is 2. The van der Waals surface area contributed by atoms with Crippen LogP contribution in [0.4, 0.5) is 10.5 Å². The smallest absolute Gasteiger partial charge is 0.407 e. The summed E-state index contributed by atoms with van der Waals surface area (Å²) in [6.45, 7) is 14.5. The van der Waals surface area contributed by atoms with Crippen molar-refractivity contribution in [3.8, 4) is 0 Å². The number of aryl methyl sites for hydroxylation is 2. The lowest BCUT2D eigenvalue weighted by molar-refractivity contribution is 0.0491. The zero-order chi connectivity index (χ0) is 28.2. The van der Waals surface area contributed by atoms with E-state index in [-0.39, 0.29) is 30.1 Å². The van der Waals surface area contributed by atoms with Crippen molar-refractivity contribution in [2.45, 2.75) is 98.4 Å². The van der Waals surface area contributed by atoms with Crippen LogP contribution in [0, 0.1) is 20.8 Å². The van der Waals surface area contributed by atoms with Crippen molar-refractivity contribution >= 4 is 31.0 Å². The third-order valence-electron chi connectivity index (χ3n) is 7.20. The highest BCUT2D eigenvalue weighted by Crippen LogP contribution is 2.30. The molecule has 38 heavy (non-hydrogen) atoms. The molecule has 2 aromatic rings. The zero-order valence-electron chi connectivity index (χ0n) is 24.2. The molecule has 1 heterocycles. The summed E-state index contributed by atoms with van der Waals surface area (Å²) >= 11 is 0. The van der Waals surface area contributed by atoms with Crippen LogP contribution in [-0.4, -0.2) is 49.1 Å². The number of aromatic amines is 1. The predicted molar refractivity (Wildman–Crippen MR) is 155 cm³/mol. The fourth-order valence-corrected chi connectivity index (χ4v) is 5.37. The highest BCUT2D eigenvalue weighted by molar-refractivity contribution is 6.33. The summed E-state index contributed by atoms with van der Waals surface area (Å²) in [5.41, 5.74) is 5.18. The number of rotatable bonds is 7. The van der Waals surface area contributed by atoms with Crippen LogP contribution in [0.25, 0.3) is 0 Å². The molecule has 1 fully saturated rings. The molecular weight excluding hydrogens is 479 g/mol. The molecule has 1 aromatic carbocycles. The van der Waals surface area contributed by atoms with E-state index >= 15 is 0 Å². The Morgan fingerprint density at radius 1 is 1.11 bits per heavy atom. The third kappa shape index (κ3) is 7.42. The van der Waals surface area contributed by atoms with Gasteiger partial charge in [0.1, 0.15) is 13.4 Å². The molecule has 0 bridgehead atoms. The number of nitrogens with one attached hydrogen (secondary N) is 3. The van der Waals surface area contributed by atoms with Crippen molar-refractivity contribution in [3.63, 3.8) is 0 Å². The second kappa shape index (κ2) is 12.1. The number of hydrogen-bond acceptors (Lipinski definition) is 5. The van der Waals surface area contributed by atoms with Gasteiger partial charge in [0.2, 0.25) is 0 Å². The van der Waals surface area contributed by atoms with Gasteiger partial charge in [0.25, 0.3) is 11.5 Å². The number of nitrogens with zero attached hydrogens (tertiary/aromatic N) is 1. The first kappa shape index (κ1) is 29.3. The van der Waals surface area contributed by atoms with E-state index in [9.17, 15) is 14.4 Å². The summed E-state index contributed by atoms with van der Waals surface area (Å²) in [5.74, 6) is -0.187. The molecule has 206 valence electrons. The van der Waals surface area contributed by atoms with E-state index in [1.807, 2.05) is 61.5 Å². The monoisotopic (exact) mass is 522 g/mol. The highest BCUT2D eigenvalue weighted by Gasteiger charge is 2.29. The second-order valence-corrected chi connectivity index (χ2v) is 11.5. The second-order valence-electron chi connectivity index (χ2n) is 11.5. The number of pyridine rings is 1. The molecule has 1 aliphatic rings. The van der Waals surface area contributed by atoms with Crippen molar-refractivity contribution in [1.82, 2.24) is 15.6 Å². The first-order valence-electron chi connectivity index (χ1n) is 13.6. The van der Waals surface area contributed by atoms with E-state index in [4.69, 9.17) is 4.74 Å². The molecule has 0 radical (unpaired) electrons. The van der Waals surface area contributed by atoms with E-state index in [2.05, 4.69) is 33.5 Å². The SMILES string of the molecule is Bc1cc(C(=O)NCc2c(C)cc(C)[nH]c2=O)c(C)c(N(CC)[C@H]2CC[C@H](NC(=O)OC(C)(C)C)CC2)c1. The normalized spacial score (nSPS) is 17.6. The highest BCUT2D eigenvalue weighted by atomic mass is 16.6. The molecule has 0 atom stereocenters. The van der Waals surface area contributed by atoms with Crippen LogP contribution in [0.15, 0.2) is 23.0 Å². The van der Waals surface area contributed by atoms with Gasteiger partial charge in [-0.1, -0.05) is 11.5 Å². The minimum absolute atomic E-state index is 0.105. The zero-order valence-corrected chi connectivity index (χ0v) is 24.2. The van der Waals surface area contributed by atoms with Crippen LogP contribution >= 0.6 is 0 Å². The van der Waals surface area contributed by atoms with E-state index in [0.717, 1.165) is 60.2 Å². The molecule has 0 spiro atoms. The quantitative estimate of drug-likeness (QED) is 0.485. The standard InChI is InChI=1S/C29H43BN4O4/c1-8-34(22-11-9-21(10-12-22)33-28(37)38-29(5,6)7)25-15-20(30)14-23(19(25)4)26(35)31-16-24-17(2)13-18(3)32-27(24)36/h13-15,21-22H,8-12,16,30H2,1-7H3,(H,31,35)(H,32,36)(H,33,37)/t21-,22-. The molecule has 9 heteroatoms. The van der Waals surface area contributed by atoms with E-state index in [1.165, 1.54) is 0 Å². The summed E-state index contributed by atoms with van der Waals surface area (Å²) in [7, 11) is 2.00. The van der Waals surface area contributed by atoms with E-state index < -0.39 is 5.60 Å². The lowest BCUT2D eigenvalue weighted by Gasteiger charge is -2.39. The Morgan fingerprint density at radius 3 is 2.34 bits per heavy atom. The van der Waals surface area contributed by atoms with Crippen LogP contribution in [-0.2, 0) is 11.3 Å². The lowest BCUT2D eigenvalue weighted by atomic mass is 9.87. The van der Waals surface area contributed by atoms with E-state index in [0.29, 0.717) is 17.2 Å². The molecule has 2 amide bonds. The van der Waals surface area contributed by atoms with Gasteiger partial charge in [0.05, 0.1) is 0 Å². The maximum atomic E-state index is 13.3. The number of ether oxygens (including phenoxy) is 1. The number of H-pyrrole nitrogens is 1. The molecule has 8 nitrogen and oxygen atoms in total. The van der Waals surface area contributed by atoms with Crippen LogP contribution < -0.4 is 26.6 Å². The van der Waals surface area contributed by atoms with Gasteiger partial charge >= 0.3 is 6.09 Å². The third-order valence-corrected chi connectivity index (χ3v) is 7.20. The van der Waals surface area contributed by atoms with Gasteiger partial charge < -0.3 is 25.3 Å². The van der Waals surface area contributed by atoms with Gasteiger partial charge in [0.15, 0.2) is 0 Å². The maximum Gasteiger partial charge on any atom is 0.407 e. The average molecular weight is 522 g/mol. The van der Waals surface area contributed by atoms with Crippen LogP contribution in [0.5, 0.6) is 0 Å². The minimum atomic E-state index is -0.512. The average Bonchev–Trinajstić information content (AvgIpc) is 2.80. The van der Waals surface area contributed by atoms with Crippen molar-refractivity contribution in [2.24, 2.45) is 0 Å². The predicted octanol–water partition coefficient (Wildman–Crippen LogP) is 3.15. The summed E-state index contributed by atoms with van der Waals surface area (Å²) in [6, 6.07) is 6.40. The summed E-state index contributed by atoms with van der Waals surface area (Å²) < 4.78 is 5.42. The maximum absolute atomic E-state index is 13.3. The Bertz CT molecular complexity index is 1230. The molecule has 3 rings (SSSR count). The topological polar surface area (TPSA) is 104 Å².